The van der Waals surface area contributed by atoms with Crippen LogP contribution >= 0.6 is 0 Å². The lowest BCUT2D eigenvalue weighted by molar-refractivity contribution is -0.151. The summed E-state index contributed by atoms with van der Waals surface area (Å²) in [5, 5.41) is 12.5. The minimum Gasteiger partial charge on any atom is -0.480 e. The summed E-state index contributed by atoms with van der Waals surface area (Å²) in [6.07, 6.45) is -0.922. The number of hydrazine groups is 1. The van der Waals surface area contributed by atoms with Crippen molar-refractivity contribution in [1.82, 2.24) is 15.8 Å². The Morgan fingerprint density at radius 2 is 1.72 bits per heavy atom. The second-order valence-corrected chi connectivity index (χ2v) is 7.73. The molecular weight excluding hydrogens is 414 g/mol. The number of carbonyl (C=O) groups excluding carboxylic acids is 3. The zero-order chi connectivity index (χ0) is 22.8. The number of hydrogen-bond donors (Lipinski definition) is 3. The van der Waals surface area contributed by atoms with Crippen molar-refractivity contribution in [2.24, 2.45) is 0 Å². The van der Waals surface area contributed by atoms with Crippen LogP contribution in [0, 0.1) is 0 Å². The van der Waals surface area contributed by atoms with Crippen LogP contribution in [0.2, 0.25) is 0 Å². The minimum absolute atomic E-state index is 0.0860. The lowest BCUT2D eigenvalue weighted by Crippen LogP contribution is -2.55. The molecule has 0 aromatic heterocycles. The van der Waals surface area contributed by atoms with Crippen molar-refractivity contribution in [3.8, 4) is 11.1 Å². The first-order valence-electron chi connectivity index (χ1n) is 10.4. The Morgan fingerprint density at radius 3 is 2.28 bits per heavy atom. The zero-order valence-corrected chi connectivity index (χ0v) is 17.4. The summed E-state index contributed by atoms with van der Waals surface area (Å²) in [4.78, 5) is 48.1. The van der Waals surface area contributed by atoms with Crippen LogP contribution < -0.4 is 10.7 Å². The van der Waals surface area contributed by atoms with E-state index in [1.807, 2.05) is 48.5 Å². The first-order chi connectivity index (χ1) is 15.4. The number of nitrogens with one attached hydrogen (secondary N) is 2. The minimum atomic E-state index is -1.31. The molecule has 166 valence electrons. The number of carboxylic acid groups (broad SMARTS) is 1. The topological polar surface area (TPSA) is 125 Å². The SMILES string of the molecule is CC[C@H](NC(=O)OCC1c2ccccc2-c2ccccc21)C(=O)N1NC(=O)CC1C(=O)O. The molecule has 2 aromatic carbocycles. The third-order valence-corrected chi connectivity index (χ3v) is 5.80. The highest BCUT2D eigenvalue weighted by atomic mass is 16.5. The molecule has 1 saturated heterocycles. The number of carbonyl (C=O) groups is 4. The van der Waals surface area contributed by atoms with Crippen molar-refractivity contribution in [2.45, 2.75) is 37.8 Å². The van der Waals surface area contributed by atoms with Gasteiger partial charge in [-0.1, -0.05) is 55.5 Å². The van der Waals surface area contributed by atoms with Crippen LogP contribution in [0.5, 0.6) is 0 Å². The molecule has 0 radical (unpaired) electrons. The summed E-state index contributed by atoms with van der Waals surface area (Å²) in [7, 11) is 0. The largest absolute Gasteiger partial charge is 0.480 e. The van der Waals surface area contributed by atoms with Gasteiger partial charge in [-0.05, 0) is 28.7 Å². The number of hydrogen-bond acceptors (Lipinski definition) is 5. The Balaban J connectivity index is 1.42. The van der Waals surface area contributed by atoms with Gasteiger partial charge in [0.05, 0.1) is 6.42 Å². The quantitative estimate of drug-likeness (QED) is 0.635. The standard InChI is InChI=1S/C23H23N3O6/c1-2-18(21(28)26-19(22(29)30)11-20(27)25-26)24-23(31)32-12-17-15-9-5-3-7-13(15)14-8-4-6-10-16(14)17/h3-10,17-19H,2,11-12H2,1H3,(H,24,31)(H,25,27)(H,29,30)/t18-,19?/m0/s1. The molecule has 2 atom stereocenters. The molecule has 4 rings (SSSR count). The van der Waals surface area contributed by atoms with Gasteiger partial charge in [0.1, 0.15) is 12.6 Å². The molecule has 1 aliphatic carbocycles. The normalized spacial score (nSPS) is 17.8. The zero-order valence-electron chi connectivity index (χ0n) is 17.4. The number of aliphatic carboxylic acids is 1. The molecule has 2 aromatic rings. The number of rotatable bonds is 6. The summed E-state index contributed by atoms with van der Waals surface area (Å²) in [6, 6.07) is 13.5. The molecule has 3 N–H and O–H groups in total. The Labute approximate surface area is 184 Å². The third kappa shape index (κ3) is 3.89. The number of fused-ring (bicyclic) bond motifs is 3. The predicted molar refractivity (Wildman–Crippen MR) is 113 cm³/mol. The molecular formula is C23H23N3O6. The van der Waals surface area contributed by atoms with Crippen LogP contribution in [0.4, 0.5) is 4.79 Å². The highest BCUT2D eigenvalue weighted by molar-refractivity contribution is 5.96. The number of nitrogens with zero attached hydrogens (tertiary/aromatic N) is 1. The maximum absolute atomic E-state index is 12.7. The molecule has 0 saturated carbocycles. The molecule has 1 heterocycles. The van der Waals surface area contributed by atoms with Gasteiger partial charge in [0, 0.05) is 5.92 Å². The van der Waals surface area contributed by atoms with Gasteiger partial charge in [-0.2, -0.15) is 0 Å². The molecule has 1 fully saturated rings. The number of alkyl carbamates (subject to hydrolysis) is 1. The van der Waals surface area contributed by atoms with Gasteiger partial charge in [-0.25, -0.2) is 14.6 Å². The summed E-state index contributed by atoms with van der Waals surface area (Å²) < 4.78 is 5.46. The van der Waals surface area contributed by atoms with Crippen LogP contribution in [0.1, 0.15) is 36.8 Å². The van der Waals surface area contributed by atoms with E-state index in [0.717, 1.165) is 27.3 Å². The van der Waals surface area contributed by atoms with Crippen LogP contribution in [0.25, 0.3) is 11.1 Å². The Hall–Kier alpha value is -3.88. The predicted octanol–water partition coefficient (Wildman–Crippen LogP) is 2.02. The smallest absolute Gasteiger partial charge is 0.407 e. The van der Waals surface area contributed by atoms with Crippen molar-refractivity contribution in [2.75, 3.05) is 6.61 Å². The lowest BCUT2D eigenvalue weighted by Gasteiger charge is -2.25. The number of amides is 3. The van der Waals surface area contributed by atoms with Crippen molar-refractivity contribution in [3.63, 3.8) is 0 Å². The molecule has 1 unspecified atom stereocenters. The van der Waals surface area contributed by atoms with Crippen molar-refractivity contribution in [3.05, 3.63) is 59.7 Å². The second-order valence-electron chi connectivity index (χ2n) is 7.73. The van der Waals surface area contributed by atoms with E-state index in [9.17, 15) is 24.3 Å². The van der Waals surface area contributed by atoms with Gasteiger partial charge in [0.15, 0.2) is 6.04 Å². The van der Waals surface area contributed by atoms with E-state index in [-0.39, 0.29) is 25.4 Å². The first-order valence-corrected chi connectivity index (χ1v) is 10.4. The fourth-order valence-electron chi connectivity index (χ4n) is 4.22. The fraction of sp³-hybridized carbons (Fsp3) is 0.304. The summed E-state index contributed by atoms with van der Waals surface area (Å²) in [5.41, 5.74) is 6.57. The van der Waals surface area contributed by atoms with Crippen LogP contribution in [-0.4, -0.2) is 52.7 Å². The van der Waals surface area contributed by atoms with Gasteiger partial charge in [-0.3, -0.25) is 15.0 Å². The molecule has 1 aliphatic heterocycles. The summed E-state index contributed by atoms with van der Waals surface area (Å²) >= 11 is 0. The lowest BCUT2D eigenvalue weighted by atomic mass is 9.98. The van der Waals surface area contributed by atoms with Gasteiger partial charge in [0.2, 0.25) is 5.91 Å². The van der Waals surface area contributed by atoms with E-state index >= 15 is 0 Å². The number of benzene rings is 2. The van der Waals surface area contributed by atoms with Crippen LogP contribution in [0.3, 0.4) is 0 Å². The molecule has 0 bridgehead atoms. The van der Waals surface area contributed by atoms with Crippen molar-refractivity contribution < 1.29 is 29.0 Å². The summed E-state index contributed by atoms with van der Waals surface area (Å²) in [6.45, 7) is 1.75. The molecule has 9 heteroatoms. The highest BCUT2D eigenvalue weighted by Gasteiger charge is 2.41. The van der Waals surface area contributed by atoms with Crippen molar-refractivity contribution in [1.29, 1.82) is 0 Å². The van der Waals surface area contributed by atoms with E-state index in [2.05, 4.69) is 10.7 Å². The van der Waals surface area contributed by atoms with E-state index in [1.165, 1.54) is 0 Å². The van der Waals surface area contributed by atoms with Gasteiger partial charge in [-0.15, -0.1) is 0 Å². The first kappa shape index (κ1) is 21.4. The number of carboxylic acids is 1. The Bertz CT molecular complexity index is 1040. The molecule has 0 spiro atoms. The maximum Gasteiger partial charge on any atom is 0.407 e. The van der Waals surface area contributed by atoms with E-state index in [4.69, 9.17) is 4.74 Å². The van der Waals surface area contributed by atoms with E-state index < -0.39 is 36.0 Å². The van der Waals surface area contributed by atoms with Gasteiger partial charge in [0.25, 0.3) is 5.91 Å². The van der Waals surface area contributed by atoms with E-state index in [0.29, 0.717) is 0 Å². The van der Waals surface area contributed by atoms with Crippen LogP contribution in [-0.2, 0) is 19.1 Å². The monoisotopic (exact) mass is 437 g/mol. The van der Waals surface area contributed by atoms with Crippen LogP contribution in [0.15, 0.2) is 48.5 Å². The molecule has 3 amide bonds. The average Bonchev–Trinajstić information content (AvgIpc) is 3.34. The van der Waals surface area contributed by atoms with E-state index in [1.54, 1.807) is 6.92 Å². The average molecular weight is 437 g/mol. The molecule has 2 aliphatic rings. The highest BCUT2D eigenvalue weighted by Crippen LogP contribution is 2.44. The second kappa shape index (κ2) is 8.70. The number of ether oxygens (including phenoxy) is 1. The van der Waals surface area contributed by atoms with Gasteiger partial charge >= 0.3 is 12.1 Å². The summed E-state index contributed by atoms with van der Waals surface area (Å²) in [5.74, 6) is -2.70. The molecule has 32 heavy (non-hydrogen) atoms. The fourth-order valence-corrected chi connectivity index (χ4v) is 4.22. The van der Waals surface area contributed by atoms with Gasteiger partial charge < -0.3 is 15.2 Å². The third-order valence-electron chi connectivity index (χ3n) is 5.80. The maximum atomic E-state index is 12.7. The molecule has 9 nitrogen and oxygen atoms in total. The Kier molecular flexibility index (Phi) is 5.81. The Morgan fingerprint density at radius 1 is 1.12 bits per heavy atom. The van der Waals surface area contributed by atoms with Crippen molar-refractivity contribution >= 4 is 23.9 Å².